The lowest BCUT2D eigenvalue weighted by atomic mass is 9.48. The number of rotatable bonds is 0. The summed E-state index contributed by atoms with van der Waals surface area (Å²) < 4.78 is 5.96. The van der Waals surface area contributed by atoms with Gasteiger partial charge in [-0.05, 0) is 99.0 Å². The lowest BCUT2D eigenvalue weighted by molar-refractivity contribution is -0.161. The molecule has 6 aliphatic rings. The highest BCUT2D eigenvalue weighted by molar-refractivity contribution is 5.96. The van der Waals surface area contributed by atoms with E-state index < -0.39 is 0 Å². The van der Waals surface area contributed by atoms with E-state index >= 15 is 0 Å². The van der Waals surface area contributed by atoms with Crippen LogP contribution in [0.25, 0.3) is 0 Å². The normalized spacial score (nSPS) is 50.3. The van der Waals surface area contributed by atoms with Crippen molar-refractivity contribution in [3.8, 4) is 0 Å². The van der Waals surface area contributed by atoms with Gasteiger partial charge in [0.25, 0.3) is 0 Å². The summed E-state index contributed by atoms with van der Waals surface area (Å²) in [7, 11) is 0. The average Bonchev–Trinajstić information content (AvgIpc) is 3.24. The maximum Gasteiger partial charge on any atom is 0.331 e. The quantitative estimate of drug-likeness (QED) is 0.386. The molecule has 27 heavy (non-hydrogen) atoms. The largest absolute Gasteiger partial charge is 0.451 e. The molecule has 6 atom stereocenters. The summed E-state index contributed by atoms with van der Waals surface area (Å²) in [5.41, 5.74) is 2.65. The Labute approximate surface area is 160 Å². The molecule has 4 nitrogen and oxygen atoms in total. The van der Waals surface area contributed by atoms with Crippen LogP contribution in [0.3, 0.4) is 0 Å². The highest BCUT2D eigenvalue weighted by Crippen LogP contribution is 2.72. The fourth-order valence-electron chi connectivity index (χ4n) is 8.14. The van der Waals surface area contributed by atoms with Crippen LogP contribution < -0.4 is 0 Å². The third kappa shape index (κ3) is 1.95. The number of oxime groups is 1. The molecular formula is C23H29NO3. The number of nitrogens with zero attached hydrogens (tertiary/aromatic N) is 1. The van der Waals surface area contributed by atoms with Crippen LogP contribution in [0.4, 0.5) is 0 Å². The van der Waals surface area contributed by atoms with Crippen molar-refractivity contribution in [1.82, 2.24) is 0 Å². The van der Waals surface area contributed by atoms with Crippen LogP contribution in [0, 0.1) is 34.5 Å². The Balaban J connectivity index is 1.38. The molecule has 0 aromatic rings. The van der Waals surface area contributed by atoms with Crippen LogP contribution in [0.5, 0.6) is 0 Å². The second-order valence-electron chi connectivity index (χ2n) is 10.4. The van der Waals surface area contributed by atoms with E-state index in [-0.39, 0.29) is 17.0 Å². The second kappa shape index (κ2) is 5.07. The summed E-state index contributed by atoms with van der Waals surface area (Å²) in [6.07, 6.45) is 16.6. The molecule has 5 aliphatic carbocycles. The molecule has 1 aliphatic heterocycles. The molecule has 4 heteroatoms. The Morgan fingerprint density at radius 1 is 1.15 bits per heavy atom. The number of carbonyl (C=O) groups is 1. The predicted molar refractivity (Wildman–Crippen MR) is 101 cm³/mol. The van der Waals surface area contributed by atoms with E-state index in [0.717, 1.165) is 43.2 Å². The number of carbonyl (C=O) groups excluding carboxylic acids is 1. The van der Waals surface area contributed by atoms with Crippen molar-refractivity contribution in [3.05, 3.63) is 23.8 Å². The van der Waals surface area contributed by atoms with E-state index in [4.69, 9.17) is 4.74 Å². The molecule has 0 radical (unpaired) electrons. The Hall–Kier alpha value is -1.58. The topological polar surface area (TPSA) is 58.9 Å². The van der Waals surface area contributed by atoms with E-state index in [1.54, 1.807) is 11.6 Å². The van der Waals surface area contributed by atoms with E-state index in [0.29, 0.717) is 17.3 Å². The number of esters is 1. The monoisotopic (exact) mass is 367 g/mol. The molecule has 144 valence electrons. The Bertz CT molecular complexity index is 806. The predicted octanol–water partition coefficient (Wildman–Crippen LogP) is 4.63. The molecule has 4 fully saturated rings. The van der Waals surface area contributed by atoms with E-state index in [9.17, 15) is 10.0 Å². The van der Waals surface area contributed by atoms with Crippen LogP contribution in [0.15, 0.2) is 29.0 Å². The van der Waals surface area contributed by atoms with Gasteiger partial charge in [-0.1, -0.05) is 17.7 Å². The van der Waals surface area contributed by atoms with Crippen LogP contribution in [-0.4, -0.2) is 22.5 Å². The fourth-order valence-corrected chi connectivity index (χ4v) is 8.14. The minimum atomic E-state index is -0.337. The van der Waals surface area contributed by atoms with Crippen LogP contribution in [0.2, 0.25) is 0 Å². The lowest BCUT2D eigenvalue weighted by Crippen LogP contribution is -2.53. The summed E-state index contributed by atoms with van der Waals surface area (Å²) >= 11 is 0. The molecule has 0 bridgehead atoms. The number of ether oxygens (including phenoxy) is 1. The molecule has 0 aromatic heterocycles. The van der Waals surface area contributed by atoms with Crippen molar-refractivity contribution in [2.75, 3.05) is 0 Å². The van der Waals surface area contributed by atoms with Gasteiger partial charge in [0.15, 0.2) is 0 Å². The zero-order valence-corrected chi connectivity index (χ0v) is 16.1. The molecular weight excluding hydrogens is 338 g/mol. The number of fused-ring (bicyclic) bond motifs is 7. The fraction of sp³-hybridized carbons (Fsp3) is 0.739. The first-order chi connectivity index (χ1) is 13.0. The maximum atomic E-state index is 11.9. The molecule has 6 rings (SSSR count). The second-order valence-corrected chi connectivity index (χ2v) is 10.4. The molecule has 0 saturated heterocycles. The minimum Gasteiger partial charge on any atom is -0.451 e. The van der Waals surface area contributed by atoms with Crippen molar-refractivity contribution in [3.63, 3.8) is 0 Å². The van der Waals surface area contributed by atoms with Crippen LogP contribution >= 0.6 is 0 Å². The summed E-state index contributed by atoms with van der Waals surface area (Å²) in [6.45, 7) is 2.41. The molecule has 1 heterocycles. The van der Waals surface area contributed by atoms with Crippen molar-refractivity contribution in [2.24, 2.45) is 39.7 Å². The number of hydrogen-bond donors (Lipinski definition) is 1. The van der Waals surface area contributed by atoms with Gasteiger partial charge in [-0.15, -0.1) is 0 Å². The van der Waals surface area contributed by atoms with E-state index in [1.165, 1.54) is 32.1 Å². The van der Waals surface area contributed by atoms with Gasteiger partial charge < -0.3 is 9.94 Å². The lowest BCUT2D eigenvalue weighted by Gasteiger charge is -2.57. The van der Waals surface area contributed by atoms with Crippen molar-refractivity contribution in [1.29, 1.82) is 0 Å². The SMILES string of the molecule is C[C@]12CCC3C(CC4(CC4)C4=C/C(=N\O)CC[C@@H]43)C1CC[C@@]21C=CC(=O)O1. The molecule has 0 aromatic carbocycles. The maximum absolute atomic E-state index is 11.9. The third-order valence-electron chi connectivity index (χ3n) is 9.62. The summed E-state index contributed by atoms with van der Waals surface area (Å²) in [5.74, 6) is 2.72. The number of hydrogen-bond acceptors (Lipinski definition) is 4. The first-order valence-corrected chi connectivity index (χ1v) is 10.9. The molecule has 2 spiro atoms. The van der Waals surface area contributed by atoms with Crippen molar-refractivity contribution >= 4 is 11.7 Å². The Kier molecular flexibility index (Phi) is 3.07. The smallest absolute Gasteiger partial charge is 0.331 e. The number of allylic oxidation sites excluding steroid dienone is 2. The highest BCUT2D eigenvalue weighted by atomic mass is 16.6. The Morgan fingerprint density at radius 2 is 2.00 bits per heavy atom. The summed E-state index contributed by atoms with van der Waals surface area (Å²) in [5, 5.41) is 12.8. The van der Waals surface area contributed by atoms with Gasteiger partial charge in [0.1, 0.15) is 5.60 Å². The molecule has 4 saturated carbocycles. The van der Waals surface area contributed by atoms with Gasteiger partial charge in [-0.3, -0.25) is 0 Å². The zero-order valence-electron chi connectivity index (χ0n) is 16.1. The van der Waals surface area contributed by atoms with Crippen LogP contribution in [0.1, 0.15) is 64.7 Å². The van der Waals surface area contributed by atoms with Crippen molar-refractivity contribution < 1.29 is 14.7 Å². The molecule has 1 N–H and O–H groups in total. The van der Waals surface area contributed by atoms with Gasteiger partial charge >= 0.3 is 5.97 Å². The minimum absolute atomic E-state index is 0.0977. The van der Waals surface area contributed by atoms with Gasteiger partial charge in [-0.2, -0.15) is 0 Å². The summed E-state index contributed by atoms with van der Waals surface area (Å²) in [6, 6.07) is 0. The average molecular weight is 367 g/mol. The third-order valence-corrected chi connectivity index (χ3v) is 9.62. The zero-order chi connectivity index (χ0) is 18.4. The van der Waals surface area contributed by atoms with E-state index in [2.05, 4.69) is 24.2 Å². The standard InChI is InChI=1S/C23H29NO3/c1-21-7-4-15-16-3-2-14(24-26)12-19(16)22(10-11-22)13-17(15)18(21)5-8-23(21)9-6-20(25)27-23/h6,9,12,15-18,26H,2-5,7-8,10-11,13H2,1H3/b24-14-/t15?,16-,17?,18?,21+,23-/m1/s1. The highest BCUT2D eigenvalue weighted by Gasteiger charge is 2.67. The van der Waals surface area contributed by atoms with Gasteiger partial charge in [0.05, 0.1) is 5.71 Å². The van der Waals surface area contributed by atoms with E-state index in [1.807, 2.05) is 0 Å². The summed E-state index contributed by atoms with van der Waals surface area (Å²) in [4.78, 5) is 11.9. The molecule has 3 unspecified atom stereocenters. The van der Waals surface area contributed by atoms with Crippen molar-refractivity contribution in [2.45, 2.75) is 70.3 Å². The molecule has 0 amide bonds. The Morgan fingerprint density at radius 3 is 2.70 bits per heavy atom. The van der Waals surface area contributed by atoms with Crippen LogP contribution in [-0.2, 0) is 9.53 Å². The first kappa shape index (κ1) is 16.4. The van der Waals surface area contributed by atoms with Gasteiger partial charge in [0, 0.05) is 11.5 Å². The van der Waals surface area contributed by atoms with Gasteiger partial charge in [0.2, 0.25) is 0 Å². The van der Waals surface area contributed by atoms with Gasteiger partial charge in [-0.25, -0.2) is 4.79 Å². The first-order valence-electron chi connectivity index (χ1n) is 10.9.